The monoisotopic (exact) mass is 198 g/mol. The van der Waals surface area contributed by atoms with Crippen LogP contribution in [0, 0.1) is 0 Å². The Hall–Kier alpha value is -0.860. The third-order valence-corrected chi connectivity index (χ3v) is 2.13. The van der Waals surface area contributed by atoms with Gasteiger partial charge >= 0.3 is 0 Å². The second-order valence-electron chi connectivity index (χ2n) is 2.79. The lowest BCUT2D eigenvalue weighted by atomic mass is 10.3. The Morgan fingerprint density at radius 2 is 2.38 bits per heavy atom. The van der Waals surface area contributed by atoms with Crippen molar-refractivity contribution in [2.45, 2.75) is 12.6 Å². The summed E-state index contributed by atoms with van der Waals surface area (Å²) < 4.78 is 1.92. The largest absolute Gasteiger partial charge is 0.385 e. The van der Waals surface area contributed by atoms with E-state index in [0.29, 0.717) is 6.54 Å². The first-order valence-corrected chi connectivity index (χ1v) is 4.66. The Morgan fingerprint density at radius 3 is 3.00 bits per heavy atom. The van der Waals surface area contributed by atoms with Gasteiger partial charge in [0.2, 0.25) is 5.69 Å². The van der Waals surface area contributed by atoms with Gasteiger partial charge in [0.15, 0.2) is 12.7 Å². The van der Waals surface area contributed by atoms with Gasteiger partial charge in [-0.05, 0) is 6.07 Å². The Bertz CT molecular complexity index is 288. The average Bonchev–Trinajstić information content (AvgIpc) is 2.18. The Morgan fingerprint density at radius 1 is 1.62 bits per heavy atom. The fourth-order valence-corrected chi connectivity index (χ4v) is 1.21. The molecule has 0 aromatic carbocycles. The minimum atomic E-state index is -0.507. The molecule has 0 amide bonds. The summed E-state index contributed by atoms with van der Waals surface area (Å²) in [4.78, 5) is 0. The molecule has 0 aliphatic rings. The third kappa shape index (κ3) is 2.83. The molecule has 3 heteroatoms. The second-order valence-corrected chi connectivity index (χ2v) is 3.10. The van der Waals surface area contributed by atoms with Gasteiger partial charge in [0.1, 0.15) is 6.10 Å². The van der Waals surface area contributed by atoms with Crippen molar-refractivity contribution in [3.05, 3.63) is 36.7 Å². The van der Waals surface area contributed by atoms with E-state index in [-0.39, 0.29) is 5.88 Å². The van der Waals surface area contributed by atoms with E-state index < -0.39 is 6.10 Å². The van der Waals surface area contributed by atoms with Crippen LogP contribution in [0.4, 0.5) is 0 Å². The van der Waals surface area contributed by atoms with Crippen LogP contribution >= 0.6 is 11.6 Å². The summed E-state index contributed by atoms with van der Waals surface area (Å²) >= 11 is 5.51. The van der Waals surface area contributed by atoms with Gasteiger partial charge in [0.05, 0.1) is 5.88 Å². The predicted molar refractivity (Wildman–Crippen MR) is 53.5 cm³/mol. The van der Waals surface area contributed by atoms with Crippen LogP contribution in [0.3, 0.4) is 0 Å². The minimum absolute atomic E-state index is 0.248. The highest BCUT2D eigenvalue weighted by Gasteiger charge is 2.11. The van der Waals surface area contributed by atoms with Crippen LogP contribution in [0.15, 0.2) is 31.0 Å². The standard InChI is InChI=1S/C10H13ClNO/c1-2-9-5-3-4-6-12(9)8-10(13)7-11/h2-6,10,13H,1,7-8H2/q+1. The topological polar surface area (TPSA) is 24.1 Å². The maximum atomic E-state index is 9.34. The van der Waals surface area contributed by atoms with Gasteiger partial charge in [-0.15, -0.1) is 11.6 Å². The number of rotatable bonds is 4. The molecule has 0 aliphatic heterocycles. The lowest BCUT2D eigenvalue weighted by Gasteiger charge is -2.03. The second kappa shape index (κ2) is 5.00. The summed E-state index contributed by atoms with van der Waals surface area (Å²) in [5.41, 5.74) is 0.978. The SMILES string of the molecule is C=Cc1cccc[n+]1CC(O)CCl. The molecule has 1 aromatic rings. The molecule has 0 radical (unpaired) electrons. The molecule has 0 spiro atoms. The Balaban J connectivity index is 2.80. The van der Waals surface area contributed by atoms with Crippen molar-refractivity contribution in [2.75, 3.05) is 5.88 Å². The molecule has 0 fully saturated rings. The molecule has 0 saturated heterocycles. The normalized spacial score (nSPS) is 12.5. The van der Waals surface area contributed by atoms with Crippen LogP contribution in [0.1, 0.15) is 5.69 Å². The van der Waals surface area contributed by atoms with Crippen molar-refractivity contribution >= 4 is 17.7 Å². The van der Waals surface area contributed by atoms with E-state index in [4.69, 9.17) is 11.6 Å². The molecule has 1 atom stereocenters. The van der Waals surface area contributed by atoms with E-state index >= 15 is 0 Å². The van der Waals surface area contributed by atoms with Gasteiger partial charge in [-0.25, -0.2) is 0 Å². The third-order valence-electron chi connectivity index (χ3n) is 1.77. The molecule has 13 heavy (non-hydrogen) atoms. The van der Waals surface area contributed by atoms with Gasteiger partial charge < -0.3 is 5.11 Å². The molecule has 0 bridgehead atoms. The van der Waals surface area contributed by atoms with Crippen LogP contribution in [0.5, 0.6) is 0 Å². The van der Waals surface area contributed by atoms with Crippen LogP contribution < -0.4 is 4.57 Å². The molecule has 2 nitrogen and oxygen atoms in total. The van der Waals surface area contributed by atoms with Gasteiger partial charge in [0.25, 0.3) is 0 Å². The molecule has 1 heterocycles. The number of pyridine rings is 1. The first-order chi connectivity index (χ1) is 6.27. The molecule has 1 aromatic heterocycles. The van der Waals surface area contributed by atoms with Crippen molar-refractivity contribution in [1.82, 2.24) is 0 Å². The van der Waals surface area contributed by atoms with E-state index in [9.17, 15) is 5.11 Å². The molecular formula is C10H13ClNO+. The van der Waals surface area contributed by atoms with E-state index in [0.717, 1.165) is 5.69 Å². The number of nitrogens with zero attached hydrogens (tertiary/aromatic N) is 1. The zero-order chi connectivity index (χ0) is 9.68. The highest BCUT2D eigenvalue weighted by atomic mass is 35.5. The summed E-state index contributed by atoms with van der Waals surface area (Å²) in [6.07, 6.45) is 3.14. The van der Waals surface area contributed by atoms with E-state index in [1.54, 1.807) is 6.08 Å². The summed E-state index contributed by atoms with van der Waals surface area (Å²) in [5.74, 6) is 0.248. The zero-order valence-corrected chi connectivity index (χ0v) is 8.11. The molecule has 0 saturated carbocycles. The number of aliphatic hydroxyl groups is 1. The van der Waals surface area contributed by atoms with Crippen molar-refractivity contribution in [2.24, 2.45) is 0 Å². The first-order valence-electron chi connectivity index (χ1n) is 4.13. The molecule has 0 aliphatic carbocycles. The van der Waals surface area contributed by atoms with E-state index in [1.165, 1.54) is 0 Å². The quantitative estimate of drug-likeness (QED) is 0.571. The van der Waals surface area contributed by atoms with Crippen molar-refractivity contribution in [3.8, 4) is 0 Å². The van der Waals surface area contributed by atoms with Gasteiger partial charge in [-0.1, -0.05) is 6.58 Å². The van der Waals surface area contributed by atoms with Crippen molar-refractivity contribution in [1.29, 1.82) is 0 Å². The lowest BCUT2D eigenvalue weighted by molar-refractivity contribution is -0.704. The van der Waals surface area contributed by atoms with E-state index in [2.05, 4.69) is 6.58 Å². The zero-order valence-electron chi connectivity index (χ0n) is 7.36. The number of alkyl halides is 1. The molecule has 1 rings (SSSR count). The van der Waals surface area contributed by atoms with Gasteiger partial charge in [0, 0.05) is 18.2 Å². The Labute approximate surface area is 83.1 Å². The number of aromatic nitrogens is 1. The lowest BCUT2D eigenvalue weighted by Crippen LogP contribution is -2.42. The summed E-state index contributed by atoms with van der Waals surface area (Å²) in [5, 5.41) is 9.34. The van der Waals surface area contributed by atoms with Crippen LogP contribution in [0.25, 0.3) is 6.08 Å². The fourth-order valence-electron chi connectivity index (χ4n) is 1.12. The van der Waals surface area contributed by atoms with Crippen LogP contribution in [0.2, 0.25) is 0 Å². The predicted octanol–water partition coefficient (Wildman–Crippen LogP) is 1.22. The van der Waals surface area contributed by atoms with Gasteiger partial charge in [-0.3, -0.25) is 0 Å². The smallest absolute Gasteiger partial charge is 0.204 e. The molecule has 1 unspecified atom stereocenters. The van der Waals surface area contributed by atoms with E-state index in [1.807, 2.05) is 29.0 Å². The van der Waals surface area contributed by atoms with Crippen molar-refractivity contribution in [3.63, 3.8) is 0 Å². The highest BCUT2D eigenvalue weighted by Crippen LogP contribution is 1.95. The molecule has 1 N–H and O–H groups in total. The maximum absolute atomic E-state index is 9.34. The summed E-state index contributed by atoms with van der Waals surface area (Å²) in [7, 11) is 0. The summed E-state index contributed by atoms with van der Waals surface area (Å²) in [6, 6.07) is 5.78. The number of aliphatic hydroxyl groups excluding tert-OH is 1. The number of halogens is 1. The fraction of sp³-hybridized carbons (Fsp3) is 0.300. The number of hydrogen-bond donors (Lipinski definition) is 1. The molecular weight excluding hydrogens is 186 g/mol. The molecule has 70 valence electrons. The number of hydrogen-bond acceptors (Lipinski definition) is 1. The Kier molecular flexibility index (Phi) is 3.93. The first kappa shape index (κ1) is 10.2. The van der Waals surface area contributed by atoms with Crippen LogP contribution in [-0.2, 0) is 6.54 Å². The summed E-state index contributed by atoms with van der Waals surface area (Å²) in [6.45, 7) is 4.19. The highest BCUT2D eigenvalue weighted by molar-refractivity contribution is 6.18. The van der Waals surface area contributed by atoms with Gasteiger partial charge in [-0.2, -0.15) is 4.57 Å². The van der Waals surface area contributed by atoms with Crippen molar-refractivity contribution < 1.29 is 9.67 Å². The van der Waals surface area contributed by atoms with Crippen LogP contribution in [-0.4, -0.2) is 17.1 Å². The average molecular weight is 199 g/mol. The minimum Gasteiger partial charge on any atom is -0.385 e. The maximum Gasteiger partial charge on any atom is 0.204 e.